The molecule has 0 bridgehead atoms. The van der Waals surface area contributed by atoms with Gasteiger partial charge in [0.2, 0.25) is 0 Å². The van der Waals surface area contributed by atoms with Crippen LogP contribution in [-0.2, 0) is 16.1 Å². The Morgan fingerprint density at radius 3 is 2.38 bits per heavy atom. The number of hydrogen-bond donors (Lipinski definition) is 2. The molecule has 0 heterocycles. The molecule has 3 aromatic carbocycles. The van der Waals surface area contributed by atoms with Crippen molar-refractivity contribution in [2.75, 3.05) is 34.5 Å². The lowest BCUT2D eigenvalue weighted by molar-refractivity contribution is -0.133. The Kier molecular flexibility index (Phi) is 10.1. The summed E-state index contributed by atoms with van der Waals surface area (Å²) in [6.07, 6.45) is 0.914. The molecule has 0 saturated heterocycles. The Balaban J connectivity index is 1.56. The number of aliphatic hydroxyl groups is 1. The highest BCUT2D eigenvalue weighted by Gasteiger charge is 2.14. The van der Waals surface area contributed by atoms with Gasteiger partial charge < -0.3 is 29.4 Å². The van der Waals surface area contributed by atoms with E-state index in [-0.39, 0.29) is 12.4 Å². The molecule has 8 heteroatoms. The molecule has 0 spiro atoms. The van der Waals surface area contributed by atoms with Gasteiger partial charge in [-0.2, -0.15) is 0 Å². The smallest absolute Gasteiger partial charge is 0.338 e. The molecule has 0 fully saturated rings. The quantitative estimate of drug-likeness (QED) is 0.213. The molecule has 3 aromatic rings. The van der Waals surface area contributed by atoms with Crippen molar-refractivity contribution in [2.45, 2.75) is 19.6 Å². The molecule has 37 heavy (non-hydrogen) atoms. The second-order valence-corrected chi connectivity index (χ2v) is 8.36. The van der Waals surface area contributed by atoms with E-state index >= 15 is 0 Å². The van der Waals surface area contributed by atoms with Crippen LogP contribution in [0.5, 0.6) is 17.2 Å². The molecule has 0 aliphatic carbocycles. The number of aliphatic hydroxyl groups excluding tert-OH is 1. The monoisotopic (exact) mass is 509 g/mol. The van der Waals surface area contributed by atoms with Crippen molar-refractivity contribution in [2.24, 2.45) is 0 Å². The first kappa shape index (κ1) is 27.7. The predicted octanol–water partition coefficient (Wildman–Crippen LogP) is 4.39. The van der Waals surface area contributed by atoms with Crippen molar-refractivity contribution in [1.29, 1.82) is 0 Å². The molecule has 0 aliphatic heterocycles. The van der Waals surface area contributed by atoms with Crippen LogP contribution in [0.15, 0.2) is 60.7 Å². The minimum Gasteiger partial charge on any atom is -0.497 e. The van der Waals surface area contributed by atoms with E-state index < -0.39 is 12.1 Å². The normalized spacial score (nSPS) is 12.1. The van der Waals surface area contributed by atoms with Gasteiger partial charge in [0.1, 0.15) is 35.8 Å². The van der Waals surface area contributed by atoms with E-state index in [4.69, 9.17) is 18.9 Å². The number of nitrogens with one attached hydrogen (secondary N) is 1. The highest BCUT2D eigenvalue weighted by molar-refractivity contribution is 6.21. The first-order chi connectivity index (χ1) is 17.8. The molecule has 0 aromatic heterocycles. The number of hydrogen-bond acceptors (Lipinski definition) is 7. The number of halogens is 1. The van der Waals surface area contributed by atoms with Crippen LogP contribution in [0.3, 0.4) is 0 Å². The summed E-state index contributed by atoms with van der Waals surface area (Å²) in [6, 6.07) is 17.1. The van der Waals surface area contributed by atoms with Crippen molar-refractivity contribution in [3.63, 3.8) is 0 Å². The molecular weight excluding hydrogens is 477 g/mol. The zero-order chi connectivity index (χ0) is 26.8. The first-order valence-corrected chi connectivity index (χ1v) is 11.7. The molecular formula is C29H32FNO6. The van der Waals surface area contributed by atoms with Gasteiger partial charge in [0, 0.05) is 24.7 Å². The van der Waals surface area contributed by atoms with E-state index in [0.29, 0.717) is 52.6 Å². The Morgan fingerprint density at radius 2 is 1.73 bits per heavy atom. The van der Waals surface area contributed by atoms with Gasteiger partial charge in [-0.15, -0.1) is 0 Å². The summed E-state index contributed by atoms with van der Waals surface area (Å²) in [5.74, 6) is 1.13. The zero-order valence-electron chi connectivity index (χ0n) is 21.4. The SMILES string of the molecule is COC(=O)/C(=C/c1ccc(F)c(C)c1)c1ccc(OCC(O)CNCc2ccc(OC)cc2OC)cc1. The van der Waals surface area contributed by atoms with Crippen LogP contribution in [-0.4, -0.2) is 51.7 Å². The lowest BCUT2D eigenvalue weighted by Gasteiger charge is -2.15. The molecule has 7 nitrogen and oxygen atoms in total. The van der Waals surface area contributed by atoms with E-state index in [2.05, 4.69) is 5.32 Å². The Morgan fingerprint density at radius 1 is 1.00 bits per heavy atom. The van der Waals surface area contributed by atoms with E-state index in [9.17, 15) is 14.3 Å². The highest BCUT2D eigenvalue weighted by atomic mass is 19.1. The summed E-state index contributed by atoms with van der Waals surface area (Å²) in [5, 5.41) is 13.5. The number of carbonyl (C=O) groups is 1. The Hall–Kier alpha value is -3.88. The Labute approximate surface area is 216 Å². The third kappa shape index (κ3) is 7.80. The second kappa shape index (κ2) is 13.4. The van der Waals surface area contributed by atoms with Crippen LogP contribution in [0.25, 0.3) is 11.6 Å². The molecule has 0 radical (unpaired) electrons. The molecule has 2 N–H and O–H groups in total. The predicted molar refractivity (Wildman–Crippen MR) is 140 cm³/mol. The molecule has 0 amide bonds. The van der Waals surface area contributed by atoms with Crippen LogP contribution in [0, 0.1) is 12.7 Å². The van der Waals surface area contributed by atoms with Crippen molar-refractivity contribution >= 4 is 17.6 Å². The minimum absolute atomic E-state index is 0.0840. The largest absolute Gasteiger partial charge is 0.497 e. The van der Waals surface area contributed by atoms with Gasteiger partial charge in [-0.25, -0.2) is 9.18 Å². The number of rotatable bonds is 12. The third-order valence-electron chi connectivity index (χ3n) is 5.70. The second-order valence-electron chi connectivity index (χ2n) is 8.36. The van der Waals surface area contributed by atoms with Crippen LogP contribution >= 0.6 is 0 Å². The summed E-state index contributed by atoms with van der Waals surface area (Å²) in [7, 11) is 4.50. The van der Waals surface area contributed by atoms with Gasteiger partial charge in [0.25, 0.3) is 0 Å². The summed E-state index contributed by atoms with van der Waals surface area (Å²) >= 11 is 0. The fraction of sp³-hybridized carbons (Fsp3) is 0.276. The number of carbonyl (C=O) groups excluding carboxylic acids is 1. The molecule has 1 atom stereocenters. The lowest BCUT2D eigenvalue weighted by Crippen LogP contribution is -2.31. The number of esters is 1. The molecule has 1 unspecified atom stereocenters. The van der Waals surface area contributed by atoms with Crippen LogP contribution < -0.4 is 19.5 Å². The maximum absolute atomic E-state index is 13.6. The summed E-state index contributed by atoms with van der Waals surface area (Å²) < 4.78 is 34.8. The maximum atomic E-state index is 13.6. The summed E-state index contributed by atoms with van der Waals surface area (Å²) in [5.41, 5.74) is 3.06. The van der Waals surface area contributed by atoms with E-state index in [1.807, 2.05) is 18.2 Å². The standard InChI is InChI=1S/C29H32FNO6/c1-19-13-20(5-12-27(19)30)14-26(29(33)36-4)21-6-9-24(10-7-21)37-18-23(32)17-31-16-22-8-11-25(34-2)15-28(22)35-3/h5-15,23,31-32H,16-18H2,1-4H3/b26-14+. The van der Waals surface area contributed by atoms with Crippen molar-refractivity contribution in [3.05, 3.63) is 88.7 Å². The average molecular weight is 510 g/mol. The van der Waals surface area contributed by atoms with Crippen molar-refractivity contribution in [3.8, 4) is 17.2 Å². The van der Waals surface area contributed by atoms with Gasteiger partial charge in [-0.1, -0.05) is 24.3 Å². The van der Waals surface area contributed by atoms with Crippen LogP contribution in [0.1, 0.15) is 22.3 Å². The topological polar surface area (TPSA) is 86.3 Å². The number of methoxy groups -OCH3 is 3. The summed E-state index contributed by atoms with van der Waals surface area (Å²) in [4.78, 5) is 12.4. The number of ether oxygens (including phenoxy) is 4. The molecule has 3 rings (SSSR count). The van der Waals surface area contributed by atoms with E-state index in [0.717, 1.165) is 5.56 Å². The zero-order valence-corrected chi connectivity index (χ0v) is 21.4. The summed E-state index contributed by atoms with van der Waals surface area (Å²) in [6.45, 7) is 2.58. The highest BCUT2D eigenvalue weighted by Crippen LogP contribution is 2.25. The van der Waals surface area contributed by atoms with Crippen molar-refractivity contribution in [1.82, 2.24) is 5.32 Å². The Bertz CT molecular complexity index is 1230. The van der Waals surface area contributed by atoms with Crippen molar-refractivity contribution < 1.29 is 33.2 Å². The lowest BCUT2D eigenvalue weighted by atomic mass is 10.0. The van der Waals surface area contributed by atoms with Gasteiger partial charge in [-0.05, 0) is 60.0 Å². The van der Waals surface area contributed by atoms with E-state index in [1.165, 1.54) is 13.2 Å². The van der Waals surface area contributed by atoms with Gasteiger partial charge in [-0.3, -0.25) is 0 Å². The van der Waals surface area contributed by atoms with Gasteiger partial charge in [0.05, 0.1) is 26.9 Å². The molecule has 0 aliphatic rings. The fourth-order valence-corrected chi connectivity index (χ4v) is 3.65. The third-order valence-corrected chi connectivity index (χ3v) is 5.70. The van der Waals surface area contributed by atoms with Gasteiger partial charge >= 0.3 is 5.97 Å². The minimum atomic E-state index is -0.740. The molecule has 0 saturated carbocycles. The van der Waals surface area contributed by atoms with Crippen LogP contribution in [0.2, 0.25) is 0 Å². The van der Waals surface area contributed by atoms with Gasteiger partial charge in [0.15, 0.2) is 0 Å². The first-order valence-electron chi connectivity index (χ1n) is 11.7. The fourth-order valence-electron chi connectivity index (χ4n) is 3.65. The number of benzene rings is 3. The average Bonchev–Trinajstić information content (AvgIpc) is 2.92. The number of aryl methyl sites for hydroxylation is 1. The van der Waals surface area contributed by atoms with Crippen LogP contribution in [0.4, 0.5) is 4.39 Å². The van der Waals surface area contributed by atoms with E-state index in [1.54, 1.807) is 63.6 Å². The molecule has 196 valence electrons. The maximum Gasteiger partial charge on any atom is 0.338 e.